The van der Waals surface area contributed by atoms with Gasteiger partial charge in [-0.2, -0.15) is 0 Å². The summed E-state index contributed by atoms with van der Waals surface area (Å²) in [7, 11) is 1.77. The minimum atomic E-state index is -0.701. The number of nitrogens with zero attached hydrogens (tertiary/aromatic N) is 2. The number of benzene rings is 2. The number of nitrogens with one attached hydrogen (secondary N) is 1. The number of carbonyl (C=O) groups excluding carboxylic acids is 1. The first-order valence-electron chi connectivity index (χ1n) is 7.34. The molecule has 122 valence electrons. The number of hydrogen-bond donors (Lipinski definition) is 1. The first-order chi connectivity index (χ1) is 11.6. The van der Waals surface area contributed by atoms with Gasteiger partial charge in [-0.1, -0.05) is 24.3 Å². The largest absolute Gasteiger partial charge is 0.338 e. The van der Waals surface area contributed by atoms with Crippen LogP contribution in [0.15, 0.2) is 60.9 Å². The van der Waals surface area contributed by atoms with Crippen LogP contribution in [-0.2, 0) is 7.05 Å². The Labute approximate surface area is 137 Å². The number of imidazole rings is 1. The SMILES string of the molecule is Cn1ccnc1[C@H](NC(=O)c1ccccc1F)c1cccc(F)c1. The summed E-state index contributed by atoms with van der Waals surface area (Å²) >= 11 is 0. The van der Waals surface area contributed by atoms with Gasteiger partial charge >= 0.3 is 0 Å². The molecule has 0 unspecified atom stereocenters. The van der Waals surface area contributed by atoms with Crippen molar-refractivity contribution in [2.45, 2.75) is 6.04 Å². The van der Waals surface area contributed by atoms with Crippen LogP contribution in [0.5, 0.6) is 0 Å². The summed E-state index contributed by atoms with van der Waals surface area (Å²) in [6.07, 6.45) is 3.30. The number of halogens is 2. The van der Waals surface area contributed by atoms with E-state index in [1.165, 1.54) is 30.3 Å². The Bertz CT molecular complexity index is 876. The number of carbonyl (C=O) groups is 1. The molecule has 0 saturated heterocycles. The Morgan fingerprint density at radius 3 is 2.62 bits per heavy atom. The van der Waals surface area contributed by atoms with Crippen molar-refractivity contribution in [3.05, 3.63) is 89.5 Å². The van der Waals surface area contributed by atoms with Crippen LogP contribution < -0.4 is 5.32 Å². The Hall–Kier alpha value is -3.02. The summed E-state index contributed by atoms with van der Waals surface area (Å²) < 4.78 is 29.2. The van der Waals surface area contributed by atoms with Crippen LogP contribution in [0.25, 0.3) is 0 Å². The first-order valence-corrected chi connectivity index (χ1v) is 7.34. The standard InChI is InChI=1S/C18H15F2N3O/c1-23-10-9-21-17(23)16(12-5-4-6-13(19)11-12)22-18(24)14-7-2-3-8-15(14)20/h2-11,16H,1H3,(H,22,24)/t16-/m1/s1. The Balaban J connectivity index is 1.98. The molecule has 1 atom stereocenters. The quantitative estimate of drug-likeness (QED) is 0.800. The van der Waals surface area contributed by atoms with E-state index in [1.54, 1.807) is 42.2 Å². The highest BCUT2D eigenvalue weighted by Crippen LogP contribution is 2.22. The van der Waals surface area contributed by atoms with Crippen molar-refractivity contribution < 1.29 is 13.6 Å². The summed E-state index contributed by atoms with van der Waals surface area (Å²) in [4.78, 5) is 16.7. The van der Waals surface area contributed by atoms with E-state index in [1.807, 2.05) is 0 Å². The molecule has 0 bridgehead atoms. The summed E-state index contributed by atoms with van der Waals surface area (Å²) in [5, 5.41) is 2.73. The van der Waals surface area contributed by atoms with Crippen molar-refractivity contribution in [3.63, 3.8) is 0 Å². The lowest BCUT2D eigenvalue weighted by Crippen LogP contribution is -2.31. The van der Waals surface area contributed by atoms with Crippen molar-refractivity contribution in [2.75, 3.05) is 0 Å². The van der Waals surface area contributed by atoms with Gasteiger partial charge in [-0.05, 0) is 29.8 Å². The van der Waals surface area contributed by atoms with Crippen LogP contribution >= 0.6 is 0 Å². The monoisotopic (exact) mass is 327 g/mol. The number of rotatable bonds is 4. The number of aryl methyl sites for hydroxylation is 1. The van der Waals surface area contributed by atoms with E-state index in [4.69, 9.17) is 0 Å². The van der Waals surface area contributed by atoms with Gasteiger partial charge in [0.15, 0.2) is 0 Å². The average Bonchev–Trinajstić information content (AvgIpc) is 2.98. The molecule has 0 aliphatic carbocycles. The zero-order valence-corrected chi connectivity index (χ0v) is 12.9. The Kier molecular flexibility index (Phi) is 4.37. The van der Waals surface area contributed by atoms with Crippen molar-refractivity contribution in [2.24, 2.45) is 7.05 Å². The maximum atomic E-state index is 13.8. The molecule has 1 N–H and O–H groups in total. The minimum Gasteiger partial charge on any atom is -0.338 e. The first kappa shape index (κ1) is 15.9. The van der Waals surface area contributed by atoms with Gasteiger partial charge in [-0.25, -0.2) is 13.8 Å². The molecule has 0 aliphatic heterocycles. The molecule has 24 heavy (non-hydrogen) atoms. The van der Waals surface area contributed by atoms with Gasteiger partial charge in [0.25, 0.3) is 5.91 Å². The third kappa shape index (κ3) is 3.17. The molecule has 0 spiro atoms. The molecule has 0 radical (unpaired) electrons. The van der Waals surface area contributed by atoms with E-state index < -0.39 is 23.6 Å². The molecule has 2 aromatic carbocycles. The van der Waals surface area contributed by atoms with Crippen molar-refractivity contribution in [3.8, 4) is 0 Å². The Morgan fingerprint density at radius 2 is 1.96 bits per heavy atom. The third-order valence-electron chi connectivity index (χ3n) is 3.69. The predicted molar refractivity (Wildman–Crippen MR) is 85.3 cm³/mol. The molecule has 6 heteroatoms. The molecule has 4 nitrogen and oxygen atoms in total. The maximum Gasteiger partial charge on any atom is 0.255 e. The molecule has 1 aromatic heterocycles. The fraction of sp³-hybridized carbons (Fsp3) is 0.111. The van der Waals surface area contributed by atoms with Crippen molar-refractivity contribution >= 4 is 5.91 Å². The molecule has 3 rings (SSSR count). The second-order valence-corrected chi connectivity index (χ2v) is 5.34. The Morgan fingerprint density at radius 1 is 1.17 bits per heavy atom. The van der Waals surface area contributed by atoms with Gasteiger partial charge < -0.3 is 9.88 Å². The number of amides is 1. The third-order valence-corrected chi connectivity index (χ3v) is 3.69. The van der Waals surface area contributed by atoms with Crippen LogP contribution in [-0.4, -0.2) is 15.5 Å². The maximum absolute atomic E-state index is 13.8. The summed E-state index contributed by atoms with van der Waals surface area (Å²) in [5.41, 5.74) is 0.446. The highest BCUT2D eigenvalue weighted by atomic mass is 19.1. The van der Waals surface area contributed by atoms with Gasteiger partial charge in [0, 0.05) is 19.4 Å². The molecule has 0 saturated carbocycles. The smallest absolute Gasteiger partial charge is 0.255 e. The second kappa shape index (κ2) is 6.62. The van der Waals surface area contributed by atoms with E-state index >= 15 is 0 Å². The second-order valence-electron chi connectivity index (χ2n) is 5.34. The predicted octanol–water partition coefficient (Wildman–Crippen LogP) is 3.22. The van der Waals surface area contributed by atoms with Gasteiger partial charge in [0.05, 0.1) is 5.56 Å². The average molecular weight is 327 g/mol. The summed E-state index contributed by atoms with van der Waals surface area (Å²) in [6.45, 7) is 0. The highest BCUT2D eigenvalue weighted by Gasteiger charge is 2.23. The lowest BCUT2D eigenvalue weighted by molar-refractivity contribution is 0.0937. The lowest BCUT2D eigenvalue weighted by atomic mass is 10.0. The van der Waals surface area contributed by atoms with E-state index in [0.717, 1.165) is 0 Å². The minimum absolute atomic E-state index is 0.0758. The van der Waals surface area contributed by atoms with E-state index in [0.29, 0.717) is 11.4 Å². The molecule has 0 aliphatic rings. The molecule has 1 amide bonds. The highest BCUT2D eigenvalue weighted by molar-refractivity contribution is 5.94. The normalized spacial score (nSPS) is 12.0. The zero-order chi connectivity index (χ0) is 17.1. The summed E-state index contributed by atoms with van der Waals surface area (Å²) in [5.74, 6) is -1.12. The molecular formula is C18H15F2N3O. The lowest BCUT2D eigenvalue weighted by Gasteiger charge is -2.19. The zero-order valence-electron chi connectivity index (χ0n) is 12.9. The number of aromatic nitrogens is 2. The molecule has 1 heterocycles. The number of hydrogen-bond acceptors (Lipinski definition) is 2. The van der Waals surface area contributed by atoms with Crippen LogP contribution in [0, 0.1) is 11.6 Å². The van der Waals surface area contributed by atoms with Crippen molar-refractivity contribution in [1.82, 2.24) is 14.9 Å². The fourth-order valence-electron chi connectivity index (χ4n) is 2.49. The van der Waals surface area contributed by atoms with E-state index in [2.05, 4.69) is 10.3 Å². The van der Waals surface area contributed by atoms with Crippen LogP contribution in [0.2, 0.25) is 0 Å². The molecular weight excluding hydrogens is 312 g/mol. The van der Waals surface area contributed by atoms with E-state index in [-0.39, 0.29) is 5.56 Å². The summed E-state index contributed by atoms with van der Waals surface area (Å²) in [6, 6.07) is 10.9. The van der Waals surface area contributed by atoms with Crippen LogP contribution in [0.3, 0.4) is 0 Å². The fourth-order valence-corrected chi connectivity index (χ4v) is 2.49. The van der Waals surface area contributed by atoms with Gasteiger partial charge in [0.2, 0.25) is 0 Å². The molecule has 3 aromatic rings. The van der Waals surface area contributed by atoms with Crippen LogP contribution in [0.4, 0.5) is 8.78 Å². The van der Waals surface area contributed by atoms with Gasteiger partial charge in [-0.3, -0.25) is 4.79 Å². The topological polar surface area (TPSA) is 46.9 Å². The van der Waals surface area contributed by atoms with E-state index in [9.17, 15) is 13.6 Å². The van der Waals surface area contributed by atoms with Crippen molar-refractivity contribution in [1.29, 1.82) is 0 Å². The van der Waals surface area contributed by atoms with Gasteiger partial charge in [0.1, 0.15) is 23.5 Å². The van der Waals surface area contributed by atoms with Gasteiger partial charge in [-0.15, -0.1) is 0 Å². The molecule has 0 fully saturated rings. The van der Waals surface area contributed by atoms with Crippen LogP contribution in [0.1, 0.15) is 27.8 Å².